The van der Waals surface area contributed by atoms with Gasteiger partial charge in [-0.2, -0.15) is 0 Å². The zero-order valence-electron chi connectivity index (χ0n) is 18.4. The molecular formula is C26H24ClN3O4. The Hall–Kier alpha value is -3.26. The molecule has 2 heterocycles. The number of fused-ring (bicyclic) bond motifs is 2. The molecule has 5 rings (SSSR count). The molecule has 0 radical (unpaired) electrons. The number of hydrogen-bond acceptors (Lipinski definition) is 6. The van der Waals surface area contributed by atoms with Crippen LogP contribution in [0.25, 0.3) is 0 Å². The van der Waals surface area contributed by atoms with E-state index in [9.17, 15) is 14.7 Å². The Bertz CT molecular complexity index is 1220. The summed E-state index contributed by atoms with van der Waals surface area (Å²) in [5.41, 5.74) is 4.68. The quantitative estimate of drug-likeness (QED) is 0.612. The van der Waals surface area contributed by atoms with Gasteiger partial charge in [0.25, 0.3) is 0 Å². The first-order valence-corrected chi connectivity index (χ1v) is 11.6. The van der Waals surface area contributed by atoms with Gasteiger partial charge in [0.05, 0.1) is 17.3 Å². The summed E-state index contributed by atoms with van der Waals surface area (Å²) in [6.45, 7) is 0.950. The Labute approximate surface area is 202 Å². The zero-order chi connectivity index (χ0) is 23.7. The molecule has 2 atom stereocenters. The van der Waals surface area contributed by atoms with Crippen LogP contribution in [0, 0.1) is 0 Å². The number of hydrogen-bond donors (Lipinski definition) is 1. The van der Waals surface area contributed by atoms with Crippen molar-refractivity contribution in [3.8, 4) is 0 Å². The Balaban J connectivity index is 1.45. The van der Waals surface area contributed by atoms with E-state index in [2.05, 4.69) is 11.0 Å². The van der Waals surface area contributed by atoms with Gasteiger partial charge in [-0.15, -0.1) is 5.06 Å². The van der Waals surface area contributed by atoms with Crippen LogP contribution >= 0.6 is 11.6 Å². The number of nitrogens with zero attached hydrogens (tertiary/aromatic N) is 3. The Morgan fingerprint density at radius 1 is 1.00 bits per heavy atom. The van der Waals surface area contributed by atoms with Crippen LogP contribution in [0.4, 0.5) is 0 Å². The first-order chi connectivity index (χ1) is 16.5. The Morgan fingerprint density at radius 3 is 2.59 bits per heavy atom. The fourth-order valence-corrected chi connectivity index (χ4v) is 5.01. The molecule has 1 N–H and O–H groups in total. The van der Waals surface area contributed by atoms with Crippen LogP contribution in [-0.4, -0.2) is 57.7 Å². The molecule has 1 aliphatic carbocycles. The van der Waals surface area contributed by atoms with Gasteiger partial charge >= 0.3 is 11.9 Å². The summed E-state index contributed by atoms with van der Waals surface area (Å²) >= 11 is 6.30. The maximum atomic E-state index is 12.6. The highest BCUT2D eigenvalue weighted by Gasteiger charge is 2.40. The van der Waals surface area contributed by atoms with E-state index in [1.807, 2.05) is 24.3 Å². The van der Waals surface area contributed by atoms with Crippen LogP contribution in [0.1, 0.15) is 38.8 Å². The summed E-state index contributed by atoms with van der Waals surface area (Å²) < 4.78 is 0. The van der Waals surface area contributed by atoms with E-state index < -0.39 is 18.0 Å². The van der Waals surface area contributed by atoms with Gasteiger partial charge in [0, 0.05) is 30.9 Å². The van der Waals surface area contributed by atoms with Crippen molar-refractivity contribution in [2.75, 3.05) is 19.6 Å². The van der Waals surface area contributed by atoms with Crippen LogP contribution in [0.2, 0.25) is 5.02 Å². The van der Waals surface area contributed by atoms with Crippen LogP contribution in [0.5, 0.6) is 0 Å². The average Bonchev–Trinajstić information content (AvgIpc) is 3.01. The molecule has 174 valence electrons. The second-order valence-electron chi connectivity index (χ2n) is 8.53. The average molecular weight is 478 g/mol. The first kappa shape index (κ1) is 22.5. The number of aryl methyl sites for hydroxylation is 2. The van der Waals surface area contributed by atoms with Crippen molar-refractivity contribution in [3.63, 3.8) is 0 Å². The Kier molecular flexibility index (Phi) is 6.32. The SMILES string of the molecule is O=C(ON1CCN(C2c3ccc(Cl)cc3CCc3cccnc32)C[C@@H]1C(=O)O)c1ccccc1. The fraction of sp³-hybridized carbons (Fsp3) is 0.269. The molecule has 2 aromatic carbocycles. The van der Waals surface area contributed by atoms with Gasteiger partial charge in [0.15, 0.2) is 6.04 Å². The monoisotopic (exact) mass is 477 g/mol. The van der Waals surface area contributed by atoms with E-state index >= 15 is 0 Å². The van der Waals surface area contributed by atoms with Gasteiger partial charge in [-0.1, -0.05) is 41.9 Å². The van der Waals surface area contributed by atoms with Crippen molar-refractivity contribution < 1.29 is 19.5 Å². The molecule has 2 aliphatic rings. The molecule has 1 fully saturated rings. The van der Waals surface area contributed by atoms with E-state index in [0.29, 0.717) is 17.1 Å². The third-order valence-electron chi connectivity index (χ3n) is 6.47. The van der Waals surface area contributed by atoms with E-state index in [4.69, 9.17) is 21.4 Å². The predicted octanol–water partition coefficient (Wildman–Crippen LogP) is 3.77. The molecule has 1 aromatic heterocycles. The molecule has 34 heavy (non-hydrogen) atoms. The molecule has 1 saturated heterocycles. The number of carbonyl (C=O) groups is 2. The minimum absolute atomic E-state index is 0.181. The van der Waals surface area contributed by atoms with Gasteiger partial charge in [-0.05, 0) is 59.9 Å². The van der Waals surface area contributed by atoms with Crippen LogP contribution < -0.4 is 0 Å². The third kappa shape index (κ3) is 4.42. The maximum Gasteiger partial charge on any atom is 0.357 e. The van der Waals surface area contributed by atoms with Crippen LogP contribution in [-0.2, 0) is 22.5 Å². The lowest BCUT2D eigenvalue weighted by Crippen LogP contribution is -2.57. The second kappa shape index (κ2) is 9.54. The minimum atomic E-state index is -1.04. The van der Waals surface area contributed by atoms with Gasteiger partial charge in [-0.25, -0.2) is 4.79 Å². The van der Waals surface area contributed by atoms with E-state index in [1.54, 1.807) is 36.5 Å². The molecule has 0 bridgehead atoms. The van der Waals surface area contributed by atoms with Crippen molar-refractivity contribution in [1.29, 1.82) is 0 Å². The largest absolute Gasteiger partial charge is 0.480 e. The Morgan fingerprint density at radius 2 is 1.79 bits per heavy atom. The highest BCUT2D eigenvalue weighted by atomic mass is 35.5. The lowest BCUT2D eigenvalue weighted by atomic mass is 9.95. The summed E-state index contributed by atoms with van der Waals surface area (Å²) in [6, 6.07) is 17.2. The van der Waals surface area contributed by atoms with E-state index in [1.165, 1.54) is 5.06 Å². The molecule has 1 aliphatic heterocycles. The van der Waals surface area contributed by atoms with Crippen molar-refractivity contribution >= 4 is 23.5 Å². The number of hydroxylamine groups is 2. The molecule has 0 amide bonds. The second-order valence-corrected chi connectivity index (χ2v) is 8.96. The summed E-state index contributed by atoms with van der Waals surface area (Å²) in [6.07, 6.45) is 3.45. The smallest absolute Gasteiger partial charge is 0.357 e. The van der Waals surface area contributed by atoms with Crippen LogP contribution in [0.3, 0.4) is 0 Å². The van der Waals surface area contributed by atoms with E-state index in [-0.39, 0.29) is 19.1 Å². The number of carbonyl (C=O) groups excluding carboxylic acids is 1. The van der Waals surface area contributed by atoms with Gasteiger partial charge in [0.1, 0.15) is 0 Å². The topological polar surface area (TPSA) is 83.0 Å². The number of aliphatic carboxylic acids is 1. The molecular weight excluding hydrogens is 454 g/mol. The lowest BCUT2D eigenvalue weighted by molar-refractivity contribution is -0.186. The number of carboxylic acid groups (broad SMARTS) is 1. The maximum absolute atomic E-state index is 12.6. The number of rotatable bonds is 4. The number of benzene rings is 2. The van der Waals surface area contributed by atoms with Gasteiger partial charge in [0.2, 0.25) is 0 Å². The lowest BCUT2D eigenvalue weighted by Gasteiger charge is -2.41. The summed E-state index contributed by atoms with van der Waals surface area (Å²) in [4.78, 5) is 37.2. The van der Waals surface area contributed by atoms with Gasteiger partial charge in [-0.3, -0.25) is 14.7 Å². The molecule has 1 unspecified atom stereocenters. The number of piperazine rings is 1. The number of halogens is 1. The third-order valence-corrected chi connectivity index (χ3v) is 6.71. The predicted molar refractivity (Wildman–Crippen MR) is 127 cm³/mol. The number of aromatic nitrogens is 1. The van der Waals surface area contributed by atoms with Crippen molar-refractivity contribution in [3.05, 3.63) is 99.8 Å². The highest BCUT2D eigenvalue weighted by Crippen LogP contribution is 2.37. The zero-order valence-corrected chi connectivity index (χ0v) is 19.2. The van der Waals surface area contributed by atoms with E-state index in [0.717, 1.165) is 35.2 Å². The van der Waals surface area contributed by atoms with Gasteiger partial charge < -0.3 is 9.94 Å². The molecule has 3 aromatic rings. The molecule has 8 heteroatoms. The molecule has 0 saturated carbocycles. The number of carboxylic acids is 1. The van der Waals surface area contributed by atoms with Crippen LogP contribution in [0.15, 0.2) is 66.9 Å². The molecule has 0 spiro atoms. The van der Waals surface area contributed by atoms with Crippen molar-refractivity contribution in [1.82, 2.24) is 14.9 Å². The summed E-state index contributed by atoms with van der Waals surface area (Å²) in [5.74, 6) is -1.61. The summed E-state index contributed by atoms with van der Waals surface area (Å²) in [7, 11) is 0. The molecule has 7 nitrogen and oxygen atoms in total. The standard InChI is InChI=1S/C26H24ClN3O4/c27-20-10-11-21-19(15-20)9-8-17-7-4-12-28-23(17)24(21)29-13-14-30(22(16-29)25(31)32)34-26(33)18-5-2-1-3-6-18/h1-7,10-12,15,22,24H,8-9,13-14,16H2,(H,31,32)/t22-,24?/m1/s1. The first-order valence-electron chi connectivity index (χ1n) is 11.2. The minimum Gasteiger partial charge on any atom is -0.480 e. The van der Waals surface area contributed by atoms with Crippen molar-refractivity contribution in [2.45, 2.75) is 24.9 Å². The summed E-state index contributed by atoms with van der Waals surface area (Å²) in [5, 5.41) is 12.0. The highest BCUT2D eigenvalue weighted by molar-refractivity contribution is 6.30. The fourth-order valence-electron chi connectivity index (χ4n) is 4.82. The number of pyridine rings is 1. The van der Waals surface area contributed by atoms with Crippen molar-refractivity contribution in [2.24, 2.45) is 0 Å². The normalized spacial score (nSPS) is 20.6.